The third-order valence-corrected chi connectivity index (χ3v) is 7.72. The van der Waals surface area contributed by atoms with Gasteiger partial charge < -0.3 is 14.2 Å². The van der Waals surface area contributed by atoms with Crippen LogP contribution in [0.4, 0.5) is 0 Å². The Morgan fingerprint density at radius 2 is 1.14 bits per heavy atom. The van der Waals surface area contributed by atoms with Crippen LogP contribution in [0.5, 0.6) is 17.2 Å². The molecule has 0 unspecified atom stereocenters. The first-order chi connectivity index (χ1) is 20.6. The van der Waals surface area contributed by atoms with Gasteiger partial charge in [-0.3, -0.25) is 0 Å². The maximum absolute atomic E-state index is 12.6. The first-order valence-corrected chi connectivity index (χ1v) is 16.0. The zero-order chi connectivity index (χ0) is 29.8. The largest absolute Gasteiger partial charge is 0.494 e. The molecule has 0 radical (unpaired) electrons. The highest BCUT2D eigenvalue weighted by Crippen LogP contribution is 2.25. The average molecular weight is 571 g/mol. The Hall–Kier alpha value is -3.53. The molecule has 3 rings (SSSR count). The van der Waals surface area contributed by atoms with E-state index in [4.69, 9.17) is 14.2 Å². The number of esters is 1. The lowest BCUT2D eigenvalue weighted by Crippen LogP contribution is -2.08. The van der Waals surface area contributed by atoms with Crippen LogP contribution in [-0.2, 0) is 0 Å². The van der Waals surface area contributed by atoms with Gasteiger partial charge in [-0.15, -0.1) is 6.58 Å². The van der Waals surface area contributed by atoms with Crippen LogP contribution in [-0.4, -0.2) is 19.2 Å². The normalized spacial score (nSPS) is 11.6. The molecular weight excluding hydrogens is 520 g/mol. The van der Waals surface area contributed by atoms with E-state index in [1.165, 1.54) is 57.8 Å². The lowest BCUT2D eigenvalue weighted by Gasteiger charge is -2.10. The summed E-state index contributed by atoms with van der Waals surface area (Å²) >= 11 is 0. The predicted molar refractivity (Wildman–Crippen MR) is 175 cm³/mol. The van der Waals surface area contributed by atoms with Crippen LogP contribution in [0.25, 0.3) is 11.1 Å². The maximum Gasteiger partial charge on any atom is 0.343 e. The standard InChI is InChI=1S/C38H50O4/c1-4-6-7-8-9-10-11-14-29-40-35-23-17-32(18-24-35)33-19-27-37(28-20-33)42-38(39)34-21-25-36(26-22-34)41-30-15-12-13-16-31(3)5-2/h4,17-28,31H,1,5-16,29-30H2,2-3H3/t31-/m0/s1. The molecule has 3 aromatic carbocycles. The van der Waals surface area contributed by atoms with Gasteiger partial charge in [0.05, 0.1) is 18.8 Å². The molecule has 42 heavy (non-hydrogen) atoms. The quantitative estimate of drug-likeness (QED) is 0.0553. The fourth-order valence-electron chi connectivity index (χ4n) is 4.77. The zero-order valence-electron chi connectivity index (χ0n) is 25.8. The number of hydrogen-bond donors (Lipinski definition) is 0. The van der Waals surface area contributed by atoms with Crippen LogP contribution in [0.3, 0.4) is 0 Å². The first kappa shape index (κ1) is 33.0. The minimum Gasteiger partial charge on any atom is -0.494 e. The summed E-state index contributed by atoms with van der Waals surface area (Å²) in [5, 5.41) is 0. The van der Waals surface area contributed by atoms with Crippen molar-refractivity contribution in [1.82, 2.24) is 0 Å². The van der Waals surface area contributed by atoms with Gasteiger partial charge in [-0.2, -0.15) is 0 Å². The van der Waals surface area contributed by atoms with E-state index in [1.807, 2.05) is 54.6 Å². The Morgan fingerprint density at radius 3 is 1.69 bits per heavy atom. The van der Waals surface area contributed by atoms with E-state index in [-0.39, 0.29) is 5.97 Å². The van der Waals surface area contributed by atoms with Crippen molar-refractivity contribution in [1.29, 1.82) is 0 Å². The second-order valence-corrected chi connectivity index (χ2v) is 11.2. The molecule has 226 valence electrons. The minimum absolute atomic E-state index is 0.381. The summed E-state index contributed by atoms with van der Waals surface area (Å²) in [7, 11) is 0. The van der Waals surface area contributed by atoms with Crippen molar-refractivity contribution in [2.75, 3.05) is 13.2 Å². The van der Waals surface area contributed by atoms with Crippen LogP contribution in [0.2, 0.25) is 0 Å². The highest BCUT2D eigenvalue weighted by molar-refractivity contribution is 5.91. The number of allylic oxidation sites excluding steroid dienone is 1. The van der Waals surface area contributed by atoms with E-state index in [0.717, 1.165) is 54.4 Å². The Bertz CT molecular complexity index is 1150. The average Bonchev–Trinajstić information content (AvgIpc) is 3.02. The van der Waals surface area contributed by atoms with E-state index < -0.39 is 0 Å². The molecule has 0 aliphatic rings. The Kier molecular flexibility index (Phi) is 15.4. The van der Waals surface area contributed by atoms with Gasteiger partial charge in [0.2, 0.25) is 0 Å². The van der Waals surface area contributed by atoms with Crippen molar-refractivity contribution in [3.63, 3.8) is 0 Å². The number of carbonyl (C=O) groups excluding carboxylic acids is 1. The molecule has 1 atom stereocenters. The Balaban J connectivity index is 1.35. The lowest BCUT2D eigenvalue weighted by molar-refractivity contribution is 0.0734. The van der Waals surface area contributed by atoms with E-state index in [9.17, 15) is 4.79 Å². The third-order valence-electron chi connectivity index (χ3n) is 7.72. The summed E-state index contributed by atoms with van der Waals surface area (Å²) in [5.41, 5.74) is 2.64. The van der Waals surface area contributed by atoms with Crippen LogP contribution < -0.4 is 14.2 Å². The number of benzene rings is 3. The molecule has 4 heteroatoms. The number of rotatable bonds is 21. The molecule has 0 heterocycles. The van der Waals surface area contributed by atoms with Gasteiger partial charge >= 0.3 is 5.97 Å². The predicted octanol–water partition coefficient (Wildman–Crippen LogP) is 10.9. The molecule has 0 aliphatic carbocycles. The summed E-state index contributed by atoms with van der Waals surface area (Å²) < 4.78 is 17.4. The van der Waals surface area contributed by atoms with Crippen LogP contribution in [0, 0.1) is 5.92 Å². The SMILES string of the molecule is C=CCCCCCCCCOc1ccc(-c2ccc(OC(=O)c3ccc(OCCCCC[C@@H](C)CC)cc3)cc2)cc1. The van der Waals surface area contributed by atoms with Crippen molar-refractivity contribution < 1.29 is 19.0 Å². The molecule has 0 aromatic heterocycles. The van der Waals surface area contributed by atoms with Crippen molar-refractivity contribution in [2.45, 2.75) is 90.9 Å². The topological polar surface area (TPSA) is 44.8 Å². The molecule has 0 spiro atoms. The highest BCUT2D eigenvalue weighted by Gasteiger charge is 2.10. The summed E-state index contributed by atoms with van der Waals surface area (Å²) in [6, 6.07) is 22.9. The number of carbonyl (C=O) groups is 1. The second kappa shape index (κ2) is 19.6. The minimum atomic E-state index is -0.381. The third kappa shape index (κ3) is 12.5. The van der Waals surface area contributed by atoms with Gasteiger partial charge in [-0.05, 0) is 91.3 Å². The Labute approximate surface area is 254 Å². The molecule has 3 aromatic rings. The molecule has 0 bridgehead atoms. The fraction of sp³-hybridized carbons (Fsp3) is 0.447. The van der Waals surface area contributed by atoms with Crippen LogP contribution in [0.1, 0.15) is 101 Å². The maximum atomic E-state index is 12.6. The summed E-state index contributed by atoms with van der Waals surface area (Å²) in [5.74, 6) is 2.61. The number of ether oxygens (including phenoxy) is 3. The van der Waals surface area contributed by atoms with Gasteiger partial charge in [0.15, 0.2) is 0 Å². The van der Waals surface area contributed by atoms with E-state index >= 15 is 0 Å². The van der Waals surface area contributed by atoms with Crippen molar-refractivity contribution in [3.8, 4) is 28.4 Å². The summed E-state index contributed by atoms with van der Waals surface area (Å²) in [6.45, 7) is 9.78. The monoisotopic (exact) mass is 570 g/mol. The van der Waals surface area contributed by atoms with E-state index in [1.54, 1.807) is 12.1 Å². The zero-order valence-corrected chi connectivity index (χ0v) is 25.8. The Morgan fingerprint density at radius 1 is 0.667 bits per heavy atom. The first-order valence-electron chi connectivity index (χ1n) is 16.0. The van der Waals surface area contributed by atoms with Gasteiger partial charge in [0.25, 0.3) is 0 Å². The van der Waals surface area contributed by atoms with Gasteiger partial charge in [0, 0.05) is 0 Å². The number of unbranched alkanes of at least 4 members (excludes halogenated alkanes) is 8. The molecule has 0 saturated heterocycles. The van der Waals surface area contributed by atoms with E-state index in [2.05, 4.69) is 32.6 Å². The summed E-state index contributed by atoms with van der Waals surface area (Å²) in [4.78, 5) is 12.6. The van der Waals surface area contributed by atoms with Crippen molar-refractivity contribution in [3.05, 3.63) is 91.0 Å². The lowest BCUT2D eigenvalue weighted by atomic mass is 10.0. The molecule has 0 amide bonds. The van der Waals surface area contributed by atoms with E-state index in [0.29, 0.717) is 17.9 Å². The van der Waals surface area contributed by atoms with Gasteiger partial charge in [-0.25, -0.2) is 4.79 Å². The fourth-order valence-corrected chi connectivity index (χ4v) is 4.77. The van der Waals surface area contributed by atoms with Crippen LogP contribution >= 0.6 is 0 Å². The molecule has 0 fully saturated rings. The van der Waals surface area contributed by atoms with Gasteiger partial charge in [-0.1, -0.05) is 95.6 Å². The molecular formula is C38H50O4. The molecule has 0 saturated carbocycles. The molecule has 0 aliphatic heterocycles. The van der Waals surface area contributed by atoms with Crippen molar-refractivity contribution in [2.24, 2.45) is 5.92 Å². The second-order valence-electron chi connectivity index (χ2n) is 11.2. The van der Waals surface area contributed by atoms with Gasteiger partial charge in [0.1, 0.15) is 17.2 Å². The molecule has 0 N–H and O–H groups in total. The highest BCUT2D eigenvalue weighted by atomic mass is 16.5. The summed E-state index contributed by atoms with van der Waals surface area (Å²) in [6.07, 6.45) is 16.6. The van der Waals surface area contributed by atoms with Crippen molar-refractivity contribution >= 4 is 5.97 Å². The smallest absolute Gasteiger partial charge is 0.343 e. The number of hydrogen-bond acceptors (Lipinski definition) is 4. The molecule has 4 nitrogen and oxygen atoms in total. The van der Waals surface area contributed by atoms with Crippen LogP contribution in [0.15, 0.2) is 85.5 Å².